The van der Waals surface area contributed by atoms with Gasteiger partial charge in [0.25, 0.3) is 0 Å². The van der Waals surface area contributed by atoms with Crippen molar-refractivity contribution in [2.45, 2.75) is 29.2 Å². The Morgan fingerprint density at radius 1 is 1.12 bits per heavy atom. The molecule has 0 saturated heterocycles. The van der Waals surface area contributed by atoms with E-state index < -0.39 is 31.4 Å². The van der Waals surface area contributed by atoms with Crippen LogP contribution in [0.1, 0.15) is 12.8 Å². The molecule has 0 unspecified atom stereocenters. The predicted octanol–water partition coefficient (Wildman–Crippen LogP) is 2.56. The van der Waals surface area contributed by atoms with E-state index in [1.807, 2.05) is 0 Å². The van der Waals surface area contributed by atoms with Gasteiger partial charge in [0.05, 0.1) is 32.3 Å². The second-order valence-electron chi connectivity index (χ2n) is 6.96. The molecule has 3 aromatic rings. The zero-order chi connectivity index (χ0) is 23.5. The number of aromatic nitrogens is 1. The number of nitrogens with zero attached hydrogens (tertiary/aromatic N) is 2. The van der Waals surface area contributed by atoms with Crippen LogP contribution < -0.4 is 4.80 Å². The number of sulfone groups is 2. The molecule has 168 valence electrons. The van der Waals surface area contributed by atoms with Gasteiger partial charge in [-0.2, -0.15) is 4.99 Å². The Morgan fingerprint density at radius 2 is 1.78 bits per heavy atom. The fourth-order valence-electron chi connectivity index (χ4n) is 2.95. The largest absolute Gasteiger partial charge is 0.305 e. The fourth-order valence-corrected chi connectivity index (χ4v) is 6.07. The third-order valence-corrected chi connectivity index (χ3v) is 8.50. The van der Waals surface area contributed by atoms with Gasteiger partial charge < -0.3 is 4.57 Å². The first-order valence-electron chi connectivity index (χ1n) is 9.34. The van der Waals surface area contributed by atoms with Crippen LogP contribution in [0.4, 0.5) is 4.39 Å². The summed E-state index contributed by atoms with van der Waals surface area (Å²) in [6.45, 7) is 0.128. The number of carbonyl (C=O) groups is 1. The van der Waals surface area contributed by atoms with Crippen molar-refractivity contribution in [3.05, 3.63) is 53.1 Å². The van der Waals surface area contributed by atoms with E-state index in [4.69, 9.17) is 6.42 Å². The fraction of sp³-hybridized carbons (Fsp3) is 0.238. The highest BCUT2D eigenvalue weighted by Gasteiger charge is 2.16. The van der Waals surface area contributed by atoms with Crippen LogP contribution in [0, 0.1) is 18.2 Å². The molecule has 0 aliphatic rings. The van der Waals surface area contributed by atoms with Crippen LogP contribution in [-0.2, 0) is 31.0 Å². The molecule has 0 bridgehead atoms. The summed E-state index contributed by atoms with van der Waals surface area (Å²) in [5.41, 5.74) is 0.644. The number of hydrogen-bond acceptors (Lipinski definition) is 6. The van der Waals surface area contributed by atoms with Crippen LogP contribution in [0.3, 0.4) is 0 Å². The molecule has 0 saturated carbocycles. The highest BCUT2D eigenvalue weighted by atomic mass is 32.2. The monoisotopic (exact) mass is 494 g/mol. The Labute approximate surface area is 189 Å². The lowest BCUT2D eigenvalue weighted by atomic mass is 10.3. The number of thiazole rings is 1. The molecular weight excluding hydrogens is 475 g/mol. The highest BCUT2D eigenvalue weighted by molar-refractivity contribution is 7.91. The van der Waals surface area contributed by atoms with Gasteiger partial charge in [-0.25, -0.2) is 21.2 Å². The van der Waals surface area contributed by atoms with Gasteiger partial charge in [0.1, 0.15) is 5.82 Å². The minimum atomic E-state index is -3.65. The molecule has 7 nitrogen and oxygen atoms in total. The molecule has 0 radical (unpaired) electrons. The quantitative estimate of drug-likeness (QED) is 0.371. The van der Waals surface area contributed by atoms with Crippen molar-refractivity contribution in [2.75, 3.05) is 12.0 Å². The van der Waals surface area contributed by atoms with E-state index >= 15 is 0 Å². The molecule has 32 heavy (non-hydrogen) atoms. The summed E-state index contributed by atoms with van der Waals surface area (Å²) in [6, 6.07) is 9.06. The maximum atomic E-state index is 13.0. The number of hydrogen-bond donors (Lipinski definition) is 0. The number of halogens is 1. The summed E-state index contributed by atoms with van der Waals surface area (Å²) in [7, 11) is -7.05. The van der Waals surface area contributed by atoms with Crippen molar-refractivity contribution in [3.8, 4) is 12.3 Å². The van der Waals surface area contributed by atoms with Gasteiger partial charge in [-0.1, -0.05) is 17.3 Å². The molecule has 11 heteroatoms. The Bertz CT molecular complexity index is 1490. The zero-order valence-electron chi connectivity index (χ0n) is 17.0. The van der Waals surface area contributed by atoms with Gasteiger partial charge >= 0.3 is 0 Å². The van der Waals surface area contributed by atoms with Gasteiger partial charge in [0.2, 0.25) is 5.91 Å². The van der Waals surface area contributed by atoms with Gasteiger partial charge in [-0.05, 0) is 48.9 Å². The van der Waals surface area contributed by atoms with Crippen LogP contribution in [-0.4, -0.2) is 39.3 Å². The third kappa shape index (κ3) is 5.51. The van der Waals surface area contributed by atoms with Gasteiger partial charge in [-0.3, -0.25) is 4.79 Å². The van der Waals surface area contributed by atoms with Crippen molar-refractivity contribution in [3.63, 3.8) is 0 Å². The van der Waals surface area contributed by atoms with E-state index in [1.165, 1.54) is 24.3 Å². The summed E-state index contributed by atoms with van der Waals surface area (Å²) in [5.74, 6) is 1.13. The second-order valence-corrected chi connectivity index (χ2v) is 12.1. The lowest BCUT2D eigenvalue weighted by Crippen LogP contribution is -2.17. The van der Waals surface area contributed by atoms with Crippen LogP contribution in [0.15, 0.2) is 57.2 Å². The molecular formula is C21H19FN2O5S3. The van der Waals surface area contributed by atoms with E-state index in [0.717, 1.165) is 29.7 Å². The number of terminal acetylenes is 1. The van der Waals surface area contributed by atoms with Crippen molar-refractivity contribution >= 4 is 47.1 Å². The second kappa shape index (κ2) is 9.36. The lowest BCUT2D eigenvalue weighted by Gasteiger charge is -2.03. The van der Waals surface area contributed by atoms with E-state index in [0.29, 0.717) is 15.0 Å². The Kier molecular flexibility index (Phi) is 6.97. The van der Waals surface area contributed by atoms with Crippen molar-refractivity contribution in [2.24, 2.45) is 4.99 Å². The highest BCUT2D eigenvalue weighted by Crippen LogP contribution is 2.22. The lowest BCUT2D eigenvalue weighted by molar-refractivity contribution is -0.118. The first-order chi connectivity index (χ1) is 15.0. The van der Waals surface area contributed by atoms with Gasteiger partial charge in [-0.15, -0.1) is 6.42 Å². The maximum Gasteiger partial charge on any atom is 0.248 e. The first-order valence-corrected chi connectivity index (χ1v) is 13.7. The van der Waals surface area contributed by atoms with Crippen molar-refractivity contribution in [1.82, 2.24) is 4.57 Å². The van der Waals surface area contributed by atoms with Crippen LogP contribution in [0.2, 0.25) is 0 Å². The minimum absolute atomic E-state index is 0.0127. The normalized spacial score (nSPS) is 12.7. The molecule has 0 aliphatic carbocycles. The van der Waals surface area contributed by atoms with E-state index in [1.54, 1.807) is 10.6 Å². The Balaban J connectivity index is 1.81. The zero-order valence-corrected chi connectivity index (χ0v) is 19.4. The third-order valence-electron chi connectivity index (χ3n) is 4.53. The van der Waals surface area contributed by atoms with Gasteiger partial charge in [0, 0.05) is 12.7 Å². The topological polar surface area (TPSA) is 103 Å². The molecule has 1 amide bonds. The number of benzene rings is 2. The average Bonchev–Trinajstić information content (AvgIpc) is 3.04. The summed E-state index contributed by atoms with van der Waals surface area (Å²) in [4.78, 5) is 16.9. The summed E-state index contributed by atoms with van der Waals surface area (Å²) in [5, 5.41) is 0. The summed E-state index contributed by atoms with van der Waals surface area (Å²) >= 11 is 1.12. The molecule has 0 spiro atoms. The van der Waals surface area contributed by atoms with E-state index in [2.05, 4.69) is 10.9 Å². The standard InChI is InChI=1S/C21H19FN2O5S3/c1-3-12-24-18-11-10-17(31(2,26)27)14-19(18)30-21(24)23-20(25)5-4-13-32(28,29)16-8-6-15(22)7-9-16/h1,6-11,14H,4-5,12-13H2,2H3. The predicted molar refractivity (Wildman–Crippen MR) is 120 cm³/mol. The van der Waals surface area contributed by atoms with Gasteiger partial charge in [0.15, 0.2) is 24.5 Å². The van der Waals surface area contributed by atoms with Crippen LogP contribution in [0.5, 0.6) is 0 Å². The smallest absolute Gasteiger partial charge is 0.248 e. The molecule has 1 heterocycles. The van der Waals surface area contributed by atoms with Crippen molar-refractivity contribution < 1.29 is 26.0 Å². The number of amides is 1. The summed E-state index contributed by atoms with van der Waals surface area (Å²) < 4.78 is 63.5. The molecule has 1 aromatic heterocycles. The summed E-state index contributed by atoms with van der Waals surface area (Å²) in [6.07, 6.45) is 6.46. The van der Waals surface area contributed by atoms with Crippen LogP contribution in [0.25, 0.3) is 10.2 Å². The van der Waals surface area contributed by atoms with Crippen LogP contribution >= 0.6 is 11.3 Å². The molecule has 0 fully saturated rings. The molecule has 2 aromatic carbocycles. The number of rotatable bonds is 7. The Hall–Kier alpha value is -2.81. The molecule has 0 N–H and O–H groups in total. The Morgan fingerprint density at radius 3 is 2.41 bits per heavy atom. The average molecular weight is 495 g/mol. The van der Waals surface area contributed by atoms with E-state index in [-0.39, 0.29) is 34.9 Å². The SMILES string of the molecule is C#CCn1c(=NC(=O)CCCS(=O)(=O)c2ccc(F)cc2)sc2cc(S(C)(=O)=O)ccc21. The maximum absolute atomic E-state index is 13.0. The number of fused-ring (bicyclic) bond motifs is 1. The van der Waals surface area contributed by atoms with Crippen molar-refractivity contribution in [1.29, 1.82) is 0 Å². The van der Waals surface area contributed by atoms with E-state index in [9.17, 15) is 26.0 Å². The minimum Gasteiger partial charge on any atom is -0.305 e. The molecule has 3 rings (SSSR count). The first kappa shape index (κ1) is 23.8. The molecule has 0 aliphatic heterocycles. The number of carbonyl (C=O) groups excluding carboxylic acids is 1. The molecule has 0 atom stereocenters.